The van der Waals surface area contributed by atoms with E-state index in [4.69, 9.17) is 5.73 Å². The lowest BCUT2D eigenvalue weighted by atomic mass is 10.3. The summed E-state index contributed by atoms with van der Waals surface area (Å²) >= 11 is 0. The van der Waals surface area contributed by atoms with E-state index in [0.717, 1.165) is 19.4 Å². The van der Waals surface area contributed by atoms with E-state index in [9.17, 15) is 4.79 Å². The predicted molar refractivity (Wildman–Crippen MR) is 47.8 cm³/mol. The van der Waals surface area contributed by atoms with Crippen molar-refractivity contribution in [3.63, 3.8) is 0 Å². The van der Waals surface area contributed by atoms with Crippen molar-refractivity contribution >= 4 is 5.97 Å². The topological polar surface area (TPSA) is 55.6 Å². The molecule has 0 aliphatic carbocycles. The molecule has 0 aromatic rings. The number of hydrogen-bond donors (Lipinski definition) is 1. The van der Waals surface area contributed by atoms with Crippen molar-refractivity contribution in [2.75, 3.05) is 33.8 Å². The lowest BCUT2D eigenvalue weighted by Gasteiger charge is -2.13. The number of carbonyl (C=O) groups is 1. The standard InChI is InChI=1S/C8H18N2O2/c1-10(6-4-3-5-9)7-8(11)12-2/h3-7,9H2,1-2H3. The molecule has 0 aromatic heterocycles. The molecular formula is C8H18N2O2. The van der Waals surface area contributed by atoms with Crippen LogP contribution in [0.15, 0.2) is 0 Å². The minimum Gasteiger partial charge on any atom is -0.468 e. The minimum atomic E-state index is -0.190. The molecule has 0 radical (unpaired) electrons. The molecule has 0 heterocycles. The predicted octanol–water partition coefficient (Wildman–Crippen LogP) is -0.170. The summed E-state index contributed by atoms with van der Waals surface area (Å²) in [5.74, 6) is -0.190. The van der Waals surface area contributed by atoms with Crippen LogP contribution in [0.5, 0.6) is 0 Å². The summed E-state index contributed by atoms with van der Waals surface area (Å²) in [6.07, 6.45) is 2.04. The number of nitrogens with two attached hydrogens (primary N) is 1. The smallest absolute Gasteiger partial charge is 0.319 e. The molecule has 0 amide bonds. The van der Waals surface area contributed by atoms with Crippen LogP contribution in [0, 0.1) is 0 Å². The maximum Gasteiger partial charge on any atom is 0.319 e. The summed E-state index contributed by atoms with van der Waals surface area (Å²) < 4.78 is 4.52. The Bertz CT molecular complexity index is 128. The van der Waals surface area contributed by atoms with Gasteiger partial charge in [0.05, 0.1) is 13.7 Å². The number of hydrogen-bond acceptors (Lipinski definition) is 4. The van der Waals surface area contributed by atoms with Gasteiger partial charge >= 0.3 is 5.97 Å². The average molecular weight is 174 g/mol. The van der Waals surface area contributed by atoms with Crippen LogP contribution in [-0.4, -0.2) is 44.7 Å². The van der Waals surface area contributed by atoms with E-state index in [2.05, 4.69) is 4.74 Å². The van der Waals surface area contributed by atoms with Gasteiger partial charge in [0.2, 0.25) is 0 Å². The van der Waals surface area contributed by atoms with Gasteiger partial charge in [-0.1, -0.05) is 0 Å². The summed E-state index contributed by atoms with van der Waals surface area (Å²) in [5, 5.41) is 0. The quantitative estimate of drug-likeness (QED) is 0.448. The van der Waals surface area contributed by atoms with Crippen molar-refractivity contribution in [1.82, 2.24) is 4.90 Å². The molecule has 0 atom stereocenters. The second-order valence-electron chi connectivity index (χ2n) is 2.81. The molecule has 0 rings (SSSR count). The number of rotatable bonds is 6. The number of likely N-dealkylation sites (N-methyl/N-ethyl adjacent to an activating group) is 1. The van der Waals surface area contributed by atoms with Gasteiger partial charge in [-0.3, -0.25) is 9.69 Å². The van der Waals surface area contributed by atoms with Crippen LogP contribution in [0.4, 0.5) is 0 Å². The molecule has 12 heavy (non-hydrogen) atoms. The van der Waals surface area contributed by atoms with E-state index in [0.29, 0.717) is 13.1 Å². The van der Waals surface area contributed by atoms with Gasteiger partial charge in [0.1, 0.15) is 0 Å². The number of unbranched alkanes of at least 4 members (excludes halogenated alkanes) is 1. The molecule has 0 saturated carbocycles. The van der Waals surface area contributed by atoms with Crippen molar-refractivity contribution in [3.05, 3.63) is 0 Å². The molecule has 0 unspecified atom stereocenters. The highest BCUT2D eigenvalue weighted by Crippen LogP contribution is 1.91. The van der Waals surface area contributed by atoms with Crippen LogP contribution in [0.1, 0.15) is 12.8 Å². The first-order valence-corrected chi connectivity index (χ1v) is 4.16. The monoisotopic (exact) mass is 174 g/mol. The second kappa shape index (κ2) is 7.06. The third kappa shape index (κ3) is 6.12. The molecule has 0 bridgehead atoms. The van der Waals surface area contributed by atoms with Gasteiger partial charge in [-0.05, 0) is 33.0 Å². The van der Waals surface area contributed by atoms with Gasteiger partial charge in [-0.2, -0.15) is 0 Å². The van der Waals surface area contributed by atoms with E-state index in [1.54, 1.807) is 0 Å². The fourth-order valence-corrected chi connectivity index (χ4v) is 0.890. The maximum absolute atomic E-state index is 10.8. The number of nitrogens with zero attached hydrogens (tertiary/aromatic N) is 1. The summed E-state index contributed by atoms with van der Waals surface area (Å²) in [6, 6.07) is 0. The molecular weight excluding hydrogens is 156 g/mol. The lowest BCUT2D eigenvalue weighted by Crippen LogP contribution is -2.27. The number of esters is 1. The van der Waals surface area contributed by atoms with Crippen LogP contribution >= 0.6 is 0 Å². The Labute approximate surface area is 73.7 Å². The molecule has 0 aromatic carbocycles. The molecule has 0 aliphatic rings. The Kier molecular flexibility index (Phi) is 6.70. The van der Waals surface area contributed by atoms with Crippen molar-refractivity contribution in [2.45, 2.75) is 12.8 Å². The fraction of sp³-hybridized carbons (Fsp3) is 0.875. The first kappa shape index (κ1) is 11.4. The van der Waals surface area contributed by atoms with Crippen molar-refractivity contribution in [2.24, 2.45) is 5.73 Å². The van der Waals surface area contributed by atoms with Gasteiger partial charge in [0.25, 0.3) is 0 Å². The third-order valence-corrected chi connectivity index (χ3v) is 1.62. The molecule has 72 valence electrons. The van der Waals surface area contributed by atoms with E-state index < -0.39 is 0 Å². The Morgan fingerprint density at radius 1 is 1.50 bits per heavy atom. The highest BCUT2D eigenvalue weighted by Gasteiger charge is 2.04. The summed E-state index contributed by atoms with van der Waals surface area (Å²) in [7, 11) is 3.30. The highest BCUT2D eigenvalue weighted by atomic mass is 16.5. The first-order valence-electron chi connectivity index (χ1n) is 4.16. The van der Waals surface area contributed by atoms with E-state index in [1.165, 1.54) is 7.11 Å². The zero-order chi connectivity index (χ0) is 9.40. The van der Waals surface area contributed by atoms with Crippen molar-refractivity contribution in [1.29, 1.82) is 0 Å². The normalized spacial score (nSPS) is 10.3. The summed E-state index contributed by atoms with van der Waals surface area (Å²) in [4.78, 5) is 12.7. The van der Waals surface area contributed by atoms with Crippen LogP contribution in [0.2, 0.25) is 0 Å². The fourth-order valence-electron chi connectivity index (χ4n) is 0.890. The summed E-state index contributed by atoms with van der Waals surface area (Å²) in [6.45, 7) is 1.97. The van der Waals surface area contributed by atoms with Crippen molar-refractivity contribution < 1.29 is 9.53 Å². The van der Waals surface area contributed by atoms with Crippen LogP contribution in [-0.2, 0) is 9.53 Å². The molecule has 0 spiro atoms. The minimum absolute atomic E-state index is 0.190. The molecule has 2 N–H and O–H groups in total. The van der Waals surface area contributed by atoms with E-state index in [1.807, 2.05) is 11.9 Å². The largest absolute Gasteiger partial charge is 0.468 e. The molecule has 0 fully saturated rings. The Balaban J connectivity index is 3.32. The lowest BCUT2D eigenvalue weighted by molar-refractivity contribution is -0.141. The van der Waals surface area contributed by atoms with E-state index in [-0.39, 0.29) is 5.97 Å². The Morgan fingerprint density at radius 2 is 2.17 bits per heavy atom. The van der Waals surface area contributed by atoms with Gasteiger partial charge < -0.3 is 10.5 Å². The Morgan fingerprint density at radius 3 is 2.67 bits per heavy atom. The van der Waals surface area contributed by atoms with Crippen LogP contribution in [0.25, 0.3) is 0 Å². The number of carbonyl (C=O) groups excluding carboxylic acids is 1. The third-order valence-electron chi connectivity index (χ3n) is 1.62. The SMILES string of the molecule is COC(=O)CN(C)CCCCN. The van der Waals surface area contributed by atoms with E-state index >= 15 is 0 Å². The number of methoxy groups -OCH3 is 1. The average Bonchev–Trinajstić information content (AvgIpc) is 2.05. The molecule has 4 heteroatoms. The summed E-state index contributed by atoms with van der Waals surface area (Å²) in [5.41, 5.74) is 5.33. The van der Waals surface area contributed by atoms with Gasteiger partial charge in [0.15, 0.2) is 0 Å². The second-order valence-corrected chi connectivity index (χ2v) is 2.81. The zero-order valence-electron chi connectivity index (χ0n) is 7.88. The highest BCUT2D eigenvalue weighted by molar-refractivity contribution is 5.71. The number of ether oxygens (including phenoxy) is 1. The van der Waals surface area contributed by atoms with Gasteiger partial charge in [0, 0.05) is 0 Å². The first-order chi connectivity index (χ1) is 5.70. The zero-order valence-corrected chi connectivity index (χ0v) is 7.88. The van der Waals surface area contributed by atoms with Crippen LogP contribution in [0.3, 0.4) is 0 Å². The van der Waals surface area contributed by atoms with Gasteiger partial charge in [-0.15, -0.1) is 0 Å². The van der Waals surface area contributed by atoms with Crippen LogP contribution < -0.4 is 5.73 Å². The van der Waals surface area contributed by atoms with Gasteiger partial charge in [-0.25, -0.2) is 0 Å². The molecule has 4 nitrogen and oxygen atoms in total. The molecule has 0 aliphatic heterocycles. The Hall–Kier alpha value is -0.610. The molecule has 0 saturated heterocycles. The maximum atomic E-state index is 10.8. The van der Waals surface area contributed by atoms with Crippen molar-refractivity contribution in [3.8, 4) is 0 Å².